The van der Waals surface area contributed by atoms with Crippen LogP contribution >= 0.6 is 23.8 Å². The summed E-state index contributed by atoms with van der Waals surface area (Å²) in [5.41, 5.74) is 6.53. The van der Waals surface area contributed by atoms with Gasteiger partial charge < -0.3 is 16.4 Å². The molecule has 0 unspecified atom stereocenters. The summed E-state index contributed by atoms with van der Waals surface area (Å²) >= 11 is 11.1. The van der Waals surface area contributed by atoms with Gasteiger partial charge in [0.1, 0.15) is 0 Å². The summed E-state index contributed by atoms with van der Waals surface area (Å²) in [6.45, 7) is 0.434. The maximum Gasteiger partial charge on any atom is 0.195 e. The molecule has 0 radical (unpaired) electrons. The molecule has 20 heavy (non-hydrogen) atoms. The fourth-order valence-electron chi connectivity index (χ4n) is 1.81. The van der Waals surface area contributed by atoms with E-state index in [1.54, 1.807) is 18.3 Å². The molecule has 106 valence electrons. The van der Waals surface area contributed by atoms with Crippen LogP contribution in [0.25, 0.3) is 0 Å². The van der Waals surface area contributed by atoms with Gasteiger partial charge in [0.2, 0.25) is 0 Å². The molecule has 0 fully saturated rings. The zero-order valence-corrected chi connectivity index (χ0v) is 12.4. The van der Waals surface area contributed by atoms with Gasteiger partial charge in [-0.05, 0) is 37.2 Å². The van der Waals surface area contributed by atoms with Crippen molar-refractivity contribution in [2.24, 2.45) is 10.7 Å². The fourth-order valence-corrected chi connectivity index (χ4v) is 2.18. The molecule has 5 nitrogen and oxygen atoms in total. The highest BCUT2D eigenvalue weighted by atomic mass is 35.5. The maximum atomic E-state index is 6.01. The van der Waals surface area contributed by atoms with Gasteiger partial charge in [0.05, 0.1) is 23.3 Å². The molecular formula is C13H16ClN5S. The van der Waals surface area contributed by atoms with Crippen LogP contribution in [0.3, 0.4) is 0 Å². The standard InChI is InChI=1S/C13H16ClN5S/c14-10-6-3-7-16-11(10)8-17-13(20)19-12(15)18-9-4-1-2-5-9/h1-3,6-7,9H,4-5,8H2,(H4,15,17,18,19,20). The van der Waals surface area contributed by atoms with E-state index in [-0.39, 0.29) is 6.04 Å². The molecule has 1 aliphatic carbocycles. The Balaban J connectivity index is 1.79. The minimum Gasteiger partial charge on any atom is -0.370 e. The number of pyridine rings is 1. The minimum absolute atomic E-state index is 0.218. The third kappa shape index (κ3) is 4.47. The van der Waals surface area contributed by atoms with Crippen LogP contribution in [0, 0.1) is 0 Å². The van der Waals surface area contributed by atoms with Crippen molar-refractivity contribution >= 4 is 34.9 Å². The molecule has 1 aromatic rings. The number of thiocarbonyl (C=S) groups is 1. The van der Waals surface area contributed by atoms with Gasteiger partial charge in [-0.2, -0.15) is 0 Å². The van der Waals surface area contributed by atoms with Crippen molar-refractivity contribution in [1.29, 1.82) is 0 Å². The van der Waals surface area contributed by atoms with Crippen molar-refractivity contribution in [3.8, 4) is 0 Å². The molecule has 0 saturated carbocycles. The van der Waals surface area contributed by atoms with E-state index >= 15 is 0 Å². The number of hydrogen-bond donors (Lipinski definition) is 3. The van der Waals surface area contributed by atoms with Gasteiger partial charge in [0.15, 0.2) is 11.1 Å². The molecule has 1 heterocycles. The number of rotatable bonds is 3. The van der Waals surface area contributed by atoms with E-state index in [2.05, 4.69) is 32.8 Å². The smallest absolute Gasteiger partial charge is 0.195 e. The first-order valence-corrected chi connectivity index (χ1v) is 7.06. The normalized spacial score (nSPS) is 15.3. The summed E-state index contributed by atoms with van der Waals surface area (Å²) in [7, 11) is 0. The highest BCUT2D eigenvalue weighted by molar-refractivity contribution is 7.80. The average Bonchev–Trinajstić information content (AvgIpc) is 2.90. The lowest BCUT2D eigenvalue weighted by molar-refractivity contribution is 0.729. The van der Waals surface area contributed by atoms with Crippen molar-refractivity contribution in [1.82, 2.24) is 15.6 Å². The predicted molar refractivity (Wildman–Crippen MR) is 85.6 cm³/mol. The van der Waals surface area contributed by atoms with E-state index in [1.165, 1.54) is 0 Å². The molecule has 7 heteroatoms. The lowest BCUT2D eigenvalue weighted by Gasteiger charge is -2.11. The molecule has 1 aliphatic rings. The second-order valence-corrected chi connectivity index (χ2v) is 5.17. The van der Waals surface area contributed by atoms with Crippen molar-refractivity contribution in [2.75, 3.05) is 0 Å². The predicted octanol–water partition coefficient (Wildman–Crippen LogP) is 1.73. The molecular weight excluding hydrogens is 294 g/mol. The molecule has 0 bridgehead atoms. The summed E-state index contributed by atoms with van der Waals surface area (Å²) in [6.07, 6.45) is 7.72. The summed E-state index contributed by atoms with van der Waals surface area (Å²) < 4.78 is 0. The first-order chi connectivity index (χ1) is 9.65. The highest BCUT2D eigenvalue weighted by Gasteiger charge is 2.09. The third-order valence-electron chi connectivity index (χ3n) is 2.80. The zero-order chi connectivity index (χ0) is 14.4. The van der Waals surface area contributed by atoms with Gasteiger partial charge in [0, 0.05) is 6.20 Å². The Bertz CT molecular complexity index is 535. The first kappa shape index (κ1) is 14.7. The number of nitrogens with two attached hydrogens (primary N) is 1. The number of guanidine groups is 1. The molecule has 0 aliphatic heterocycles. The van der Waals surface area contributed by atoms with Crippen molar-refractivity contribution in [3.05, 3.63) is 41.2 Å². The van der Waals surface area contributed by atoms with Crippen molar-refractivity contribution < 1.29 is 0 Å². The van der Waals surface area contributed by atoms with E-state index in [1.807, 2.05) is 0 Å². The average molecular weight is 310 g/mol. The van der Waals surface area contributed by atoms with E-state index in [9.17, 15) is 0 Å². The quantitative estimate of drug-likeness (QED) is 0.343. The molecule has 0 saturated heterocycles. The van der Waals surface area contributed by atoms with Crippen LogP contribution in [0.5, 0.6) is 0 Å². The number of hydrogen-bond acceptors (Lipinski definition) is 3. The molecule has 0 spiro atoms. The highest BCUT2D eigenvalue weighted by Crippen LogP contribution is 2.13. The van der Waals surface area contributed by atoms with Gasteiger partial charge in [-0.1, -0.05) is 23.8 Å². The Labute approximate surface area is 128 Å². The Morgan fingerprint density at radius 3 is 2.95 bits per heavy atom. The lowest BCUT2D eigenvalue weighted by Crippen LogP contribution is -2.43. The largest absolute Gasteiger partial charge is 0.370 e. The molecule has 2 rings (SSSR count). The monoisotopic (exact) mass is 309 g/mol. The third-order valence-corrected chi connectivity index (χ3v) is 3.39. The topological polar surface area (TPSA) is 75.3 Å². The molecule has 0 aromatic carbocycles. The van der Waals surface area contributed by atoms with Gasteiger partial charge in [-0.15, -0.1) is 0 Å². The van der Waals surface area contributed by atoms with Gasteiger partial charge in [-0.25, -0.2) is 4.99 Å². The molecule has 1 aromatic heterocycles. The van der Waals surface area contributed by atoms with Gasteiger partial charge in [0.25, 0.3) is 0 Å². The Kier molecular flexibility index (Phi) is 5.31. The van der Waals surface area contributed by atoms with Gasteiger partial charge >= 0.3 is 0 Å². The van der Waals surface area contributed by atoms with Crippen LogP contribution in [-0.4, -0.2) is 22.1 Å². The van der Waals surface area contributed by atoms with Crippen LogP contribution in [0.2, 0.25) is 5.02 Å². The number of nitrogens with one attached hydrogen (secondary N) is 2. The number of halogens is 1. The maximum absolute atomic E-state index is 6.01. The van der Waals surface area contributed by atoms with Crippen LogP contribution in [-0.2, 0) is 6.54 Å². The van der Waals surface area contributed by atoms with Crippen LogP contribution in [0.4, 0.5) is 0 Å². The van der Waals surface area contributed by atoms with Crippen LogP contribution < -0.4 is 16.4 Å². The zero-order valence-electron chi connectivity index (χ0n) is 10.8. The van der Waals surface area contributed by atoms with Crippen molar-refractivity contribution in [2.45, 2.75) is 25.4 Å². The SMILES string of the molecule is NC(=NC1CC=CC1)NC(=S)NCc1ncccc1Cl. The second kappa shape index (κ2) is 7.21. The van der Waals surface area contributed by atoms with Crippen LogP contribution in [0.15, 0.2) is 35.5 Å². The Hall–Kier alpha value is -1.66. The summed E-state index contributed by atoms with van der Waals surface area (Å²) in [4.78, 5) is 8.50. The lowest BCUT2D eigenvalue weighted by atomic mass is 10.2. The van der Waals surface area contributed by atoms with Gasteiger partial charge in [-0.3, -0.25) is 4.98 Å². The van der Waals surface area contributed by atoms with E-state index in [0.29, 0.717) is 22.6 Å². The van der Waals surface area contributed by atoms with Crippen molar-refractivity contribution in [3.63, 3.8) is 0 Å². The molecule has 0 atom stereocenters. The number of nitrogens with zero attached hydrogens (tertiary/aromatic N) is 2. The summed E-state index contributed by atoms with van der Waals surface area (Å²) in [5.74, 6) is 0.323. The summed E-state index contributed by atoms with van der Waals surface area (Å²) in [5, 5.41) is 6.84. The van der Waals surface area contributed by atoms with E-state index in [0.717, 1.165) is 18.5 Å². The molecule has 4 N–H and O–H groups in total. The number of aromatic nitrogens is 1. The number of aliphatic imine (C=N–C) groups is 1. The van der Waals surface area contributed by atoms with E-state index in [4.69, 9.17) is 29.6 Å². The molecule has 0 amide bonds. The van der Waals surface area contributed by atoms with E-state index < -0.39 is 0 Å². The van der Waals surface area contributed by atoms with Crippen LogP contribution in [0.1, 0.15) is 18.5 Å². The summed E-state index contributed by atoms with van der Waals surface area (Å²) in [6, 6.07) is 3.78. The minimum atomic E-state index is 0.218. The Morgan fingerprint density at radius 2 is 2.25 bits per heavy atom. The fraction of sp³-hybridized carbons (Fsp3) is 0.308. The first-order valence-electron chi connectivity index (χ1n) is 6.27. The second-order valence-electron chi connectivity index (χ2n) is 4.35. The Morgan fingerprint density at radius 1 is 1.50 bits per heavy atom.